The molecule has 1 unspecified atom stereocenters. The number of hydrogen-bond donors (Lipinski definition) is 1. The Morgan fingerprint density at radius 2 is 1.65 bits per heavy atom. The first-order chi connectivity index (χ1) is 14.1. The molecule has 1 fully saturated rings. The van der Waals surface area contributed by atoms with E-state index in [0.29, 0.717) is 19.9 Å². The molecule has 6 nitrogen and oxygen atoms in total. The Kier molecular flexibility index (Phi) is 9.72. The van der Waals surface area contributed by atoms with Gasteiger partial charge in [0, 0.05) is 39.3 Å². The minimum Gasteiger partial charge on any atom is -0.491 e. The number of aliphatic hydroxyl groups excluding tert-OH is 1. The Labute approximate surface area is 196 Å². The van der Waals surface area contributed by atoms with Crippen molar-refractivity contribution in [2.24, 2.45) is 0 Å². The largest absolute Gasteiger partial charge is 0.491 e. The SMILES string of the molecule is Cc1ccc(C)c(OCC(O)CN2CCN(Cc3ccc4c(c3)OCO4)CC2)c1.Cl.Cl. The molecule has 0 spiro atoms. The zero-order valence-electron chi connectivity index (χ0n) is 18.1. The van der Waals surface area contributed by atoms with Gasteiger partial charge < -0.3 is 19.3 Å². The molecule has 2 aliphatic rings. The van der Waals surface area contributed by atoms with Crippen molar-refractivity contribution in [2.75, 3.05) is 46.1 Å². The number of piperazine rings is 1. The van der Waals surface area contributed by atoms with Crippen LogP contribution in [0, 0.1) is 13.8 Å². The van der Waals surface area contributed by atoms with Gasteiger partial charge in [-0.05, 0) is 48.7 Å². The van der Waals surface area contributed by atoms with E-state index in [0.717, 1.165) is 55.5 Å². The second-order valence-electron chi connectivity index (χ2n) is 8.00. The van der Waals surface area contributed by atoms with Crippen LogP contribution in [0.5, 0.6) is 17.2 Å². The summed E-state index contributed by atoms with van der Waals surface area (Å²) in [6.07, 6.45) is -0.490. The quantitative estimate of drug-likeness (QED) is 0.668. The van der Waals surface area contributed by atoms with Crippen molar-refractivity contribution >= 4 is 24.8 Å². The van der Waals surface area contributed by atoms with Gasteiger partial charge in [-0.15, -0.1) is 24.8 Å². The molecule has 4 rings (SSSR count). The zero-order valence-corrected chi connectivity index (χ0v) is 19.7. The predicted molar refractivity (Wildman–Crippen MR) is 126 cm³/mol. The van der Waals surface area contributed by atoms with Crippen LogP contribution in [-0.2, 0) is 6.54 Å². The number of benzene rings is 2. The summed E-state index contributed by atoms with van der Waals surface area (Å²) in [4.78, 5) is 4.75. The second kappa shape index (κ2) is 11.8. The van der Waals surface area contributed by atoms with E-state index in [1.807, 2.05) is 26.0 Å². The third kappa shape index (κ3) is 6.89. The Morgan fingerprint density at radius 1 is 0.935 bits per heavy atom. The highest BCUT2D eigenvalue weighted by molar-refractivity contribution is 5.85. The number of hydrogen-bond acceptors (Lipinski definition) is 6. The van der Waals surface area contributed by atoms with Crippen LogP contribution in [0.2, 0.25) is 0 Å². The highest BCUT2D eigenvalue weighted by Gasteiger charge is 2.21. The van der Waals surface area contributed by atoms with E-state index in [1.165, 1.54) is 11.1 Å². The molecule has 2 aliphatic heterocycles. The van der Waals surface area contributed by atoms with Crippen LogP contribution in [0.4, 0.5) is 0 Å². The molecule has 2 aromatic rings. The highest BCUT2D eigenvalue weighted by atomic mass is 35.5. The molecule has 2 aromatic carbocycles. The third-order valence-electron chi connectivity index (χ3n) is 5.55. The summed E-state index contributed by atoms with van der Waals surface area (Å²) in [6.45, 7) is 10.1. The molecule has 1 atom stereocenters. The Hall–Kier alpha value is -1.70. The lowest BCUT2D eigenvalue weighted by Gasteiger charge is -2.35. The summed E-state index contributed by atoms with van der Waals surface area (Å²) in [5.74, 6) is 2.53. The number of β-amino-alcohol motifs (C(OH)–C–C–N with tert-alkyl or cyclic N) is 1. The number of nitrogens with zero attached hydrogens (tertiary/aromatic N) is 2. The maximum Gasteiger partial charge on any atom is 0.231 e. The molecule has 8 heteroatoms. The lowest BCUT2D eigenvalue weighted by atomic mass is 10.1. The first kappa shape index (κ1) is 25.6. The summed E-state index contributed by atoms with van der Waals surface area (Å²) in [5, 5.41) is 10.4. The van der Waals surface area contributed by atoms with Gasteiger partial charge in [-0.1, -0.05) is 18.2 Å². The van der Waals surface area contributed by atoms with E-state index in [4.69, 9.17) is 14.2 Å². The molecular weight excluding hydrogens is 439 g/mol. The van der Waals surface area contributed by atoms with Crippen LogP contribution in [0.3, 0.4) is 0 Å². The Morgan fingerprint density at radius 3 is 2.42 bits per heavy atom. The van der Waals surface area contributed by atoms with Crippen molar-refractivity contribution < 1.29 is 19.3 Å². The Balaban J connectivity index is 0.00000171. The molecule has 0 radical (unpaired) electrons. The number of aryl methyl sites for hydroxylation is 2. The van der Waals surface area contributed by atoms with Crippen molar-refractivity contribution in [3.8, 4) is 17.2 Å². The summed E-state index contributed by atoms with van der Waals surface area (Å²) in [7, 11) is 0. The third-order valence-corrected chi connectivity index (χ3v) is 5.55. The fourth-order valence-electron chi connectivity index (χ4n) is 3.83. The fraction of sp³-hybridized carbons (Fsp3) is 0.478. The average Bonchev–Trinajstić information content (AvgIpc) is 3.18. The predicted octanol–water partition coefficient (Wildman–Crippen LogP) is 3.43. The van der Waals surface area contributed by atoms with Crippen molar-refractivity contribution in [3.63, 3.8) is 0 Å². The lowest BCUT2D eigenvalue weighted by Crippen LogP contribution is -2.48. The van der Waals surface area contributed by atoms with Crippen LogP contribution < -0.4 is 14.2 Å². The van der Waals surface area contributed by atoms with Crippen LogP contribution >= 0.6 is 24.8 Å². The number of ether oxygens (including phenoxy) is 3. The van der Waals surface area contributed by atoms with Crippen molar-refractivity contribution in [2.45, 2.75) is 26.5 Å². The average molecular weight is 471 g/mol. The van der Waals surface area contributed by atoms with E-state index in [-0.39, 0.29) is 24.8 Å². The monoisotopic (exact) mass is 470 g/mol. The van der Waals surface area contributed by atoms with Crippen molar-refractivity contribution in [1.82, 2.24) is 9.80 Å². The molecule has 0 amide bonds. The normalized spacial score (nSPS) is 16.9. The number of fused-ring (bicyclic) bond motifs is 1. The summed E-state index contributed by atoms with van der Waals surface area (Å²) >= 11 is 0. The minimum absolute atomic E-state index is 0. The number of aliphatic hydroxyl groups is 1. The molecule has 0 aromatic heterocycles. The molecule has 0 bridgehead atoms. The van der Waals surface area contributed by atoms with E-state index in [9.17, 15) is 5.11 Å². The fourth-order valence-corrected chi connectivity index (χ4v) is 3.83. The molecule has 172 valence electrons. The summed E-state index contributed by atoms with van der Waals surface area (Å²) < 4.78 is 16.7. The zero-order chi connectivity index (χ0) is 20.2. The molecule has 0 saturated carbocycles. The molecule has 1 saturated heterocycles. The van der Waals surface area contributed by atoms with E-state index in [2.05, 4.69) is 34.1 Å². The molecule has 31 heavy (non-hydrogen) atoms. The first-order valence-electron chi connectivity index (χ1n) is 10.3. The topological polar surface area (TPSA) is 54.4 Å². The molecule has 1 N–H and O–H groups in total. The van der Waals surface area contributed by atoms with Gasteiger partial charge in [-0.25, -0.2) is 0 Å². The molecular formula is C23H32Cl2N2O4. The van der Waals surface area contributed by atoms with Gasteiger partial charge >= 0.3 is 0 Å². The number of halogens is 2. The smallest absolute Gasteiger partial charge is 0.231 e. The van der Waals surface area contributed by atoms with Crippen LogP contribution in [0.15, 0.2) is 36.4 Å². The van der Waals surface area contributed by atoms with Crippen LogP contribution in [0.25, 0.3) is 0 Å². The minimum atomic E-state index is -0.490. The highest BCUT2D eigenvalue weighted by Crippen LogP contribution is 2.32. The Bertz CT molecular complexity index is 844. The summed E-state index contributed by atoms with van der Waals surface area (Å²) in [5.41, 5.74) is 3.50. The maximum absolute atomic E-state index is 10.4. The molecule has 2 heterocycles. The standard InChI is InChI=1S/C23H30N2O4.2ClH/c1-17-3-4-18(2)22(11-17)27-15-20(26)14-25-9-7-24(8-10-25)13-19-5-6-21-23(12-19)29-16-28-21;;/h3-6,11-12,20,26H,7-10,13-16H2,1-2H3;2*1H. The van der Waals surface area contributed by atoms with E-state index < -0.39 is 6.10 Å². The lowest BCUT2D eigenvalue weighted by molar-refractivity contribution is 0.0444. The van der Waals surface area contributed by atoms with Gasteiger partial charge in [0.25, 0.3) is 0 Å². The van der Waals surface area contributed by atoms with Crippen molar-refractivity contribution in [3.05, 3.63) is 53.1 Å². The second-order valence-corrected chi connectivity index (χ2v) is 8.00. The first-order valence-corrected chi connectivity index (χ1v) is 10.3. The van der Waals surface area contributed by atoms with Gasteiger partial charge in [0.05, 0.1) is 0 Å². The van der Waals surface area contributed by atoms with Gasteiger partial charge in [0.2, 0.25) is 6.79 Å². The van der Waals surface area contributed by atoms with Crippen molar-refractivity contribution in [1.29, 1.82) is 0 Å². The number of rotatable bonds is 7. The van der Waals surface area contributed by atoms with E-state index in [1.54, 1.807) is 0 Å². The van der Waals surface area contributed by atoms with Crippen LogP contribution in [0.1, 0.15) is 16.7 Å². The maximum atomic E-state index is 10.4. The molecule has 0 aliphatic carbocycles. The van der Waals surface area contributed by atoms with Gasteiger partial charge in [0.1, 0.15) is 18.5 Å². The van der Waals surface area contributed by atoms with E-state index >= 15 is 0 Å². The van der Waals surface area contributed by atoms with Crippen LogP contribution in [-0.4, -0.2) is 67.1 Å². The van der Waals surface area contributed by atoms with Gasteiger partial charge in [-0.2, -0.15) is 0 Å². The van der Waals surface area contributed by atoms with Gasteiger partial charge in [-0.3, -0.25) is 9.80 Å². The van der Waals surface area contributed by atoms with Gasteiger partial charge in [0.15, 0.2) is 11.5 Å². The summed E-state index contributed by atoms with van der Waals surface area (Å²) in [6, 6.07) is 12.3.